The minimum atomic E-state index is -0.104. The van der Waals surface area contributed by atoms with Crippen molar-refractivity contribution in [2.45, 2.75) is 58.1 Å². The Labute approximate surface area is 108 Å². The molecule has 0 radical (unpaired) electrons. The van der Waals surface area contributed by atoms with Gasteiger partial charge in [-0.05, 0) is 32.6 Å². The van der Waals surface area contributed by atoms with Crippen LogP contribution < -0.4 is 5.73 Å². The third-order valence-electron chi connectivity index (χ3n) is 3.67. The Morgan fingerprint density at radius 3 is 2.94 bits per heavy atom. The summed E-state index contributed by atoms with van der Waals surface area (Å²) in [5, 5.41) is 3.97. The second-order valence-corrected chi connectivity index (χ2v) is 5.06. The van der Waals surface area contributed by atoms with E-state index < -0.39 is 0 Å². The molecule has 1 aromatic rings. The van der Waals surface area contributed by atoms with Crippen molar-refractivity contribution in [1.29, 1.82) is 0 Å². The minimum Gasteiger partial charge on any atom is -0.371 e. The lowest BCUT2D eigenvalue weighted by atomic mass is 9.83. The quantitative estimate of drug-likeness (QED) is 0.871. The Bertz CT molecular complexity index is 367. The van der Waals surface area contributed by atoms with E-state index in [0.29, 0.717) is 24.2 Å². The molecule has 2 rings (SSSR count). The highest BCUT2D eigenvalue weighted by molar-refractivity contribution is 4.93. The van der Waals surface area contributed by atoms with Gasteiger partial charge < -0.3 is 15.0 Å². The van der Waals surface area contributed by atoms with Gasteiger partial charge >= 0.3 is 0 Å². The van der Waals surface area contributed by atoms with Crippen molar-refractivity contribution >= 4 is 0 Å². The van der Waals surface area contributed by atoms with E-state index in [1.54, 1.807) is 0 Å². The van der Waals surface area contributed by atoms with E-state index in [4.69, 9.17) is 15.0 Å². The molecule has 3 atom stereocenters. The second-order valence-electron chi connectivity index (χ2n) is 5.06. The molecule has 1 saturated carbocycles. The highest BCUT2D eigenvalue weighted by Gasteiger charge is 2.24. The van der Waals surface area contributed by atoms with Gasteiger partial charge in [-0.1, -0.05) is 18.0 Å². The zero-order chi connectivity index (χ0) is 13.0. The van der Waals surface area contributed by atoms with Crippen LogP contribution in [0.2, 0.25) is 0 Å². The number of hydrogen-bond acceptors (Lipinski definition) is 5. The summed E-state index contributed by atoms with van der Waals surface area (Å²) in [5.41, 5.74) is 6.13. The van der Waals surface area contributed by atoms with Gasteiger partial charge in [0.15, 0.2) is 5.82 Å². The Balaban J connectivity index is 1.93. The Kier molecular flexibility index (Phi) is 4.72. The smallest absolute Gasteiger partial charge is 0.227 e. The molecule has 0 amide bonds. The summed E-state index contributed by atoms with van der Waals surface area (Å²) in [6.45, 7) is 4.54. The van der Waals surface area contributed by atoms with Crippen LogP contribution in [-0.2, 0) is 11.2 Å². The lowest BCUT2D eigenvalue weighted by molar-refractivity contribution is 0.0683. The lowest BCUT2D eigenvalue weighted by Gasteiger charge is -2.27. The van der Waals surface area contributed by atoms with Crippen LogP contribution >= 0.6 is 0 Å². The summed E-state index contributed by atoms with van der Waals surface area (Å²) in [6.07, 6.45) is 5.48. The van der Waals surface area contributed by atoms with Crippen LogP contribution in [0.3, 0.4) is 0 Å². The van der Waals surface area contributed by atoms with Crippen molar-refractivity contribution in [3.8, 4) is 0 Å². The molecule has 0 spiro atoms. The maximum Gasteiger partial charge on any atom is 0.227 e. The van der Waals surface area contributed by atoms with Gasteiger partial charge in [0, 0.05) is 19.1 Å². The van der Waals surface area contributed by atoms with E-state index in [0.717, 1.165) is 12.8 Å². The standard InChI is InChI=1S/C13H23N3O2/c1-3-17-9(2)13-15-12(18-16-13)8-10-6-4-5-7-11(10)14/h9-11H,3-8,14H2,1-2H3. The van der Waals surface area contributed by atoms with Crippen LogP contribution in [0.25, 0.3) is 0 Å². The predicted octanol–water partition coefficient (Wildman–Crippen LogP) is 2.23. The van der Waals surface area contributed by atoms with E-state index in [-0.39, 0.29) is 12.1 Å². The Hall–Kier alpha value is -0.940. The summed E-state index contributed by atoms with van der Waals surface area (Å²) < 4.78 is 10.7. The molecule has 0 aromatic carbocycles. The van der Waals surface area contributed by atoms with Gasteiger partial charge in [0.25, 0.3) is 0 Å². The van der Waals surface area contributed by atoms with Gasteiger partial charge in [-0.3, -0.25) is 0 Å². The lowest BCUT2D eigenvalue weighted by Crippen LogP contribution is -2.34. The molecule has 0 saturated heterocycles. The monoisotopic (exact) mass is 253 g/mol. The Morgan fingerprint density at radius 2 is 2.22 bits per heavy atom. The first-order chi connectivity index (χ1) is 8.70. The predicted molar refractivity (Wildman–Crippen MR) is 68.0 cm³/mol. The maximum absolute atomic E-state index is 6.13. The average Bonchev–Trinajstić information content (AvgIpc) is 2.81. The van der Waals surface area contributed by atoms with Gasteiger partial charge in [0.05, 0.1) is 0 Å². The fourth-order valence-corrected chi connectivity index (χ4v) is 2.55. The third kappa shape index (κ3) is 3.29. The van der Waals surface area contributed by atoms with Crippen molar-refractivity contribution < 1.29 is 9.26 Å². The summed E-state index contributed by atoms with van der Waals surface area (Å²) in [6, 6.07) is 0.276. The molecule has 0 bridgehead atoms. The van der Waals surface area contributed by atoms with Crippen molar-refractivity contribution in [2.75, 3.05) is 6.61 Å². The SMILES string of the molecule is CCOC(C)c1noc(CC2CCCCC2N)n1. The van der Waals surface area contributed by atoms with Crippen LogP contribution in [-0.4, -0.2) is 22.8 Å². The summed E-state index contributed by atoms with van der Waals surface area (Å²) in [7, 11) is 0. The average molecular weight is 253 g/mol. The van der Waals surface area contributed by atoms with Crippen LogP contribution in [0.15, 0.2) is 4.52 Å². The van der Waals surface area contributed by atoms with Crippen molar-refractivity contribution in [3.63, 3.8) is 0 Å². The zero-order valence-corrected chi connectivity index (χ0v) is 11.3. The fraction of sp³-hybridized carbons (Fsp3) is 0.846. The normalized spacial score (nSPS) is 26.2. The molecule has 5 nitrogen and oxygen atoms in total. The van der Waals surface area contributed by atoms with Crippen molar-refractivity contribution in [2.24, 2.45) is 11.7 Å². The van der Waals surface area contributed by atoms with E-state index in [9.17, 15) is 0 Å². The van der Waals surface area contributed by atoms with E-state index in [1.807, 2.05) is 13.8 Å². The number of rotatable bonds is 5. The minimum absolute atomic E-state index is 0.104. The molecular formula is C13H23N3O2. The second kappa shape index (κ2) is 6.29. The van der Waals surface area contributed by atoms with Crippen LogP contribution in [0.5, 0.6) is 0 Å². The maximum atomic E-state index is 6.13. The van der Waals surface area contributed by atoms with Gasteiger partial charge in [-0.15, -0.1) is 0 Å². The molecule has 1 heterocycles. The molecular weight excluding hydrogens is 230 g/mol. The molecule has 18 heavy (non-hydrogen) atoms. The number of hydrogen-bond donors (Lipinski definition) is 1. The van der Waals surface area contributed by atoms with E-state index in [2.05, 4.69) is 10.1 Å². The molecule has 1 aliphatic carbocycles. The molecule has 1 aliphatic rings. The summed E-state index contributed by atoms with van der Waals surface area (Å²) >= 11 is 0. The van der Waals surface area contributed by atoms with Gasteiger partial charge in [0.2, 0.25) is 5.89 Å². The van der Waals surface area contributed by atoms with E-state index >= 15 is 0 Å². The molecule has 1 aromatic heterocycles. The highest BCUT2D eigenvalue weighted by atomic mass is 16.5. The van der Waals surface area contributed by atoms with Crippen molar-refractivity contribution in [3.05, 3.63) is 11.7 Å². The molecule has 3 unspecified atom stereocenters. The largest absolute Gasteiger partial charge is 0.371 e. The van der Waals surface area contributed by atoms with Crippen LogP contribution in [0, 0.1) is 5.92 Å². The van der Waals surface area contributed by atoms with Crippen LogP contribution in [0.4, 0.5) is 0 Å². The Morgan fingerprint density at radius 1 is 1.44 bits per heavy atom. The summed E-state index contributed by atoms with van der Waals surface area (Å²) in [5.74, 6) is 1.81. The molecule has 0 aliphatic heterocycles. The van der Waals surface area contributed by atoms with Crippen LogP contribution in [0.1, 0.15) is 57.3 Å². The van der Waals surface area contributed by atoms with Gasteiger partial charge in [-0.2, -0.15) is 4.98 Å². The molecule has 102 valence electrons. The fourth-order valence-electron chi connectivity index (χ4n) is 2.55. The molecule has 5 heteroatoms. The first-order valence-electron chi connectivity index (χ1n) is 6.90. The number of aromatic nitrogens is 2. The number of nitrogens with two attached hydrogens (primary N) is 1. The molecule has 1 fully saturated rings. The third-order valence-corrected chi connectivity index (χ3v) is 3.67. The topological polar surface area (TPSA) is 74.2 Å². The van der Waals surface area contributed by atoms with Gasteiger partial charge in [0.1, 0.15) is 6.10 Å². The number of ether oxygens (including phenoxy) is 1. The first-order valence-corrected chi connectivity index (χ1v) is 6.90. The zero-order valence-electron chi connectivity index (χ0n) is 11.3. The molecule has 2 N–H and O–H groups in total. The van der Waals surface area contributed by atoms with Crippen molar-refractivity contribution in [1.82, 2.24) is 10.1 Å². The summed E-state index contributed by atoms with van der Waals surface area (Å²) in [4.78, 5) is 4.40. The van der Waals surface area contributed by atoms with Gasteiger partial charge in [-0.25, -0.2) is 0 Å². The number of nitrogens with zero attached hydrogens (tertiary/aromatic N) is 2. The highest BCUT2D eigenvalue weighted by Crippen LogP contribution is 2.26. The first kappa shape index (κ1) is 13.5. The van der Waals surface area contributed by atoms with E-state index in [1.165, 1.54) is 19.3 Å².